The molecule has 2 aromatic carbocycles. The zero-order chi connectivity index (χ0) is 15.0. The van der Waals surface area contributed by atoms with E-state index in [0.29, 0.717) is 11.4 Å². The number of fused-ring (bicyclic) bond motifs is 1. The summed E-state index contributed by atoms with van der Waals surface area (Å²) in [6.07, 6.45) is -0.693. The predicted octanol–water partition coefficient (Wildman–Crippen LogP) is 3.28. The van der Waals surface area contributed by atoms with Crippen LogP contribution in [0.4, 0.5) is 14.5 Å². The van der Waals surface area contributed by atoms with E-state index in [1.807, 2.05) is 18.2 Å². The SMILES string of the molecule is CC1Oc2ccccc2CN(c2ccc(F)c(F)c2)C1=O. The largest absolute Gasteiger partial charge is 0.481 e. The summed E-state index contributed by atoms with van der Waals surface area (Å²) in [5.74, 6) is -1.59. The number of carbonyl (C=O) groups is 1. The van der Waals surface area contributed by atoms with Gasteiger partial charge in [0.1, 0.15) is 5.75 Å². The molecule has 0 bridgehead atoms. The summed E-state index contributed by atoms with van der Waals surface area (Å²) in [5, 5.41) is 0. The summed E-state index contributed by atoms with van der Waals surface area (Å²) in [4.78, 5) is 13.8. The van der Waals surface area contributed by atoms with Crippen LogP contribution in [0.15, 0.2) is 42.5 Å². The Morgan fingerprint density at radius 1 is 1.14 bits per heavy atom. The van der Waals surface area contributed by atoms with E-state index >= 15 is 0 Å². The number of rotatable bonds is 1. The first kappa shape index (κ1) is 13.5. The minimum absolute atomic E-state index is 0.254. The fraction of sp³-hybridized carbons (Fsp3) is 0.188. The van der Waals surface area contributed by atoms with Gasteiger partial charge in [0.15, 0.2) is 17.7 Å². The topological polar surface area (TPSA) is 29.5 Å². The second-order valence-electron chi connectivity index (χ2n) is 4.89. The van der Waals surface area contributed by atoms with Crippen LogP contribution < -0.4 is 9.64 Å². The van der Waals surface area contributed by atoms with Crippen molar-refractivity contribution in [3.63, 3.8) is 0 Å². The molecule has 5 heteroatoms. The minimum Gasteiger partial charge on any atom is -0.481 e. The number of benzene rings is 2. The number of para-hydroxylation sites is 1. The Labute approximate surface area is 120 Å². The van der Waals surface area contributed by atoms with Gasteiger partial charge in [-0.3, -0.25) is 4.79 Å². The second kappa shape index (κ2) is 5.16. The van der Waals surface area contributed by atoms with Crippen LogP contribution in [0.5, 0.6) is 5.75 Å². The maximum atomic E-state index is 13.4. The van der Waals surface area contributed by atoms with Crippen molar-refractivity contribution in [1.82, 2.24) is 0 Å². The highest BCUT2D eigenvalue weighted by atomic mass is 19.2. The number of hydrogen-bond donors (Lipinski definition) is 0. The summed E-state index contributed by atoms with van der Waals surface area (Å²) in [6.45, 7) is 1.89. The molecule has 0 spiro atoms. The van der Waals surface area contributed by atoms with Gasteiger partial charge in [-0.2, -0.15) is 0 Å². The number of amides is 1. The van der Waals surface area contributed by atoms with Crippen LogP contribution in [0, 0.1) is 11.6 Å². The van der Waals surface area contributed by atoms with E-state index in [-0.39, 0.29) is 12.5 Å². The Balaban J connectivity index is 2.04. The number of hydrogen-bond acceptors (Lipinski definition) is 2. The summed E-state index contributed by atoms with van der Waals surface area (Å²) in [6, 6.07) is 10.7. The standard InChI is InChI=1S/C16H13F2NO2/c1-10-16(20)19(12-6-7-13(17)14(18)8-12)9-11-4-2-3-5-15(11)21-10/h2-8,10H,9H2,1H3. The lowest BCUT2D eigenvalue weighted by Crippen LogP contribution is -2.38. The summed E-state index contributed by atoms with van der Waals surface area (Å²) in [5.41, 5.74) is 1.13. The van der Waals surface area contributed by atoms with Crippen molar-refractivity contribution in [2.75, 3.05) is 4.90 Å². The lowest BCUT2D eigenvalue weighted by molar-refractivity contribution is -0.124. The maximum absolute atomic E-state index is 13.4. The van der Waals surface area contributed by atoms with E-state index in [0.717, 1.165) is 17.7 Å². The molecule has 1 aliphatic heterocycles. The molecule has 21 heavy (non-hydrogen) atoms. The minimum atomic E-state index is -0.980. The first-order valence-corrected chi connectivity index (χ1v) is 6.57. The first-order valence-electron chi connectivity index (χ1n) is 6.57. The van der Waals surface area contributed by atoms with Crippen molar-refractivity contribution in [2.45, 2.75) is 19.6 Å². The van der Waals surface area contributed by atoms with Crippen LogP contribution in [-0.2, 0) is 11.3 Å². The van der Waals surface area contributed by atoms with E-state index in [2.05, 4.69) is 0 Å². The molecule has 1 heterocycles. The van der Waals surface area contributed by atoms with Crippen molar-refractivity contribution >= 4 is 11.6 Å². The molecule has 1 amide bonds. The molecule has 0 saturated heterocycles. The lowest BCUT2D eigenvalue weighted by Gasteiger charge is -2.22. The number of halogens is 2. The van der Waals surface area contributed by atoms with Crippen LogP contribution in [0.3, 0.4) is 0 Å². The first-order chi connectivity index (χ1) is 10.1. The van der Waals surface area contributed by atoms with Gasteiger partial charge in [-0.15, -0.1) is 0 Å². The van der Waals surface area contributed by atoms with Gasteiger partial charge in [-0.25, -0.2) is 8.78 Å². The quantitative estimate of drug-likeness (QED) is 0.806. The summed E-state index contributed by atoms with van der Waals surface area (Å²) < 4.78 is 32.1. The predicted molar refractivity (Wildman–Crippen MR) is 74.1 cm³/mol. The van der Waals surface area contributed by atoms with E-state index in [1.165, 1.54) is 11.0 Å². The third-order valence-corrected chi connectivity index (χ3v) is 3.43. The molecule has 108 valence electrons. The molecule has 2 aromatic rings. The molecule has 1 aliphatic rings. The van der Waals surface area contributed by atoms with Crippen molar-refractivity contribution in [3.8, 4) is 5.75 Å². The van der Waals surface area contributed by atoms with Gasteiger partial charge in [0.05, 0.1) is 6.54 Å². The Hall–Kier alpha value is -2.43. The number of carbonyl (C=O) groups excluding carboxylic acids is 1. The molecule has 1 atom stereocenters. The van der Waals surface area contributed by atoms with Crippen LogP contribution >= 0.6 is 0 Å². The Bertz CT molecular complexity index is 702. The Kier molecular flexibility index (Phi) is 3.33. The lowest BCUT2D eigenvalue weighted by atomic mass is 10.1. The summed E-state index contributed by atoms with van der Waals surface area (Å²) in [7, 11) is 0. The van der Waals surface area contributed by atoms with Gasteiger partial charge in [0.2, 0.25) is 0 Å². The molecule has 1 unspecified atom stereocenters. The molecule has 0 aromatic heterocycles. The van der Waals surface area contributed by atoms with Crippen LogP contribution in [0.25, 0.3) is 0 Å². The van der Waals surface area contributed by atoms with Crippen LogP contribution in [0.1, 0.15) is 12.5 Å². The van der Waals surface area contributed by atoms with Gasteiger partial charge in [-0.05, 0) is 25.1 Å². The molecule has 3 nitrogen and oxygen atoms in total. The van der Waals surface area contributed by atoms with E-state index in [4.69, 9.17) is 4.74 Å². The van der Waals surface area contributed by atoms with Crippen LogP contribution in [0.2, 0.25) is 0 Å². The fourth-order valence-electron chi connectivity index (χ4n) is 2.33. The van der Waals surface area contributed by atoms with Crippen molar-refractivity contribution in [3.05, 3.63) is 59.7 Å². The third-order valence-electron chi connectivity index (χ3n) is 3.43. The third kappa shape index (κ3) is 2.46. The van der Waals surface area contributed by atoms with Crippen molar-refractivity contribution in [2.24, 2.45) is 0 Å². The van der Waals surface area contributed by atoms with Gasteiger partial charge < -0.3 is 9.64 Å². The van der Waals surface area contributed by atoms with E-state index in [9.17, 15) is 13.6 Å². The molecule has 0 N–H and O–H groups in total. The molecule has 0 aliphatic carbocycles. The van der Waals surface area contributed by atoms with Gasteiger partial charge in [0.25, 0.3) is 5.91 Å². The summed E-state index contributed by atoms with van der Waals surface area (Å²) >= 11 is 0. The Morgan fingerprint density at radius 3 is 2.67 bits per heavy atom. The number of anilines is 1. The molecule has 0 fully saturated rings. The highest BCUT2D eigenvalue weighted by Gasteiger charge is 2.29. The number of nitrogens with zero attached hydrogens (tertiary/aromatic N) is 1. The fourth-order valence-corrected chi connectivity index (χ4v) is 2.33. The molecular formula is C16H13F2NO2. The second-order valence-corrected chi connectivity index (χ2v) is 4.89. The Morgan fingerprint density at radius 2 is 1.90 bits per heavy atom. The normalized spacial score (nSPS) is 18.0. The van der Waals surface area contributed by atoms with Crippen molar-refractivity contribution < 1.29 is 18.3 Å². The molecule has 3 rings (SSSR count). The van der Waals surface area contributed by atoms with Crippen molar-refractivity contribution in [1.29, 1.82) is 0 Å². The maximum Gasteiger partial charge on any atom is 0.268 e. The zero-order valence-electron chi connectivity index (χ0n) is 11.3. The van der Waals surface area contributed by atoms with Gasteiger partial charge in [-0.1, -0.05) is 18.2 Å². The van der Waals surface area contributed by atoms with Crippen LogP contribution in [-0.4, -0.2) is 12.0 Å². The highest BCUT2D eigenvalue weighted by molar-refractivity contribution is 5.97. The van der Waals surface area contributed by atoms with Gasteiger partial charge in [0, 0.05) is 17.3 Å². The number of ether oxygens (including phenoxy) is 1. The zero-order valence-corrected chi connectivity index (χ0v) is 11.3. The van der Waals surface area contributed by atoms with E-state index in [1.54, 1.807) is 13.0 Å². The average Bonchev–Trinajstić information content (AvgIpc) is 2.60. The highest BCUT2D eigenvalue weighted by Crippen LogP contribution is 2.29. The average molecular weight is 289 g/mol. The monoisotopic (exact) mass is 289 g/mol. The van der Waals surface area contributed by atoms with E-state index < -0.39 is 17.7 Å². The molecule has 0 saturated carbocycles. The molecular weight excluding hydrogens is 276 g/mol. The molecule has 0 radical (unpaired) electrons. The smallest absolute Gasteiger partial charge is 0.268 e. The van der Waals surface area contributed by atoms with Gasteiger partial charge >= 0.3 is 0 Å².